The van der Waals surface area contributed by atoms with E-state index in [0.29, 0.717) is 0 Å². The van der Waals surface area contributed by atoms with Crippen LogP contribution in [0.1, 0.15) is 33.6 Å². The number of ether oxygens (including phenoxy) is 1. The molecule has 1 rings (SSSR count). The minimum Gasteiger partial charge on any atom is -0.497 e. The smallest absolute Gasteiger partial charge is 0.121 e. The third kappa shape index (κ3) is 2.81. The normalized spacial score (nSPS) is 11.2. The summed E-state index contributed by atoms with van der Waals surface area (Å²) in [6.45, 7) is 6.56. The van der Waals surface area contributed by atoms with Gasteiger partial charge in [-0.3, -0.25) is 0 Å². The Morgan fingerprint density at radius 3 is 2.38 bits per heavy atom. The van der Waals surface area contributed by atoms with Gasteiger partial charge in [0.2, 0.25) is 0 Å². The zero-order chi connectivity index (χ0) is 12.2. The molecule has 0 atom stereocenters. The van der Waals surface area contributed by atoms with Crippen LogP contribution in [0, 0.1) is 0 Å². The highest BCUT2D eigenvalue weighted by Crippen LogP contribution is 2.28. The van der Waals surface area contributed by atoms with E-state index in [9.17, 15) is 0 Å². The monoisotopic (exact) mass is 222 g/mol. The fourth-order valence-electron chi connectivity index (χ4n) is 1.53. The molecule has 0 radical (unpaired) electrons. The van der Waals surface area contributed by atoms with Crippen LogP contribution in [0.5, 0.6) is 5.75 Å². The maximum absolute atomic E-state index is 5.97. The second-order valence-corrected chi connectivity index (χ2v) is 4.35. The molecule has 90 valence electrons. The summed E-state index contributed by atoms with van der Waals surface area (Å²) in [5, 5.41) is 3.49. The predicted molar refractivity (Wildman–Crippen MR) is 70.0 cm³/mol. The molecule has 0 saturated carbocycles. The molecule has 0 heterocycles. The fourth-order valence-corrected chi connectivity index (χ4v) is 1.53. The lowest BCUT2D eigenvalue weighted by atomic mass is 9.95. The van der Waals surface area contributed by atoms with Crippen LogP contribution in [0.15, 0.2) is 18.2 Å². The average Bonchev–Trinajstić information content (AvgIpc) is 2.31. The van der Waals surface area contributed by atoms with Crippen molar-refractivity contribution in [2.45, 2.75) is 39.2 Å². The van der Waals surface area contributed by atoms with Gasteiger partial charge in [0.25, 0.3) is 0 Å². The van der Waals surface area contributed by atoms with Crippen molar-refractivity contribution in [2.24, 2.45) is 0 Å². The Labute approximate surface area is 98.0 Å². The summed E-state index contributed by atoms with van der Waals surface area (Å²) in [4.78, 5) is 0. The van der Waals surface area contributed by atoms with Gasteiger partial charge < -0.3 is 15.8 Å². The van der Waals surface area contributed by atoms with E-state index in [0.717, 1.165) is 30.0 Å². The summed E-state index contributed by atoms with van der Waals surface area (Å²) in [5.74, 6) is 0.790. The van der Waals surface area contributed by atoms with Gasteiger partial charge in [-0.15, -0.1) is 0 Å². The van der Waals surface area contributed by atoms with E-state index in [4.69, 9.17) is 10.5 Å². The molecule has 0 aliphatic carbocycles. The molecule has 1 aromatic carbocycles. The first-order valence-electron chi connectivity index (χ1n) is 5.76. The summed E-state index contributed by atoms with van der Waals surface area (Å²) in [6, 6.07) is 5.73. The zero-order valence-corrected chi connectivity index (χ0v) is 10.6. The van der Waals surface area contributed by atoms with Crippen molar-refractivity contribution in [2.75, 3.05) is 18.2 Å². The Morgan fingerprint density at radius 2 is 1.94 bits per heavy atom. The highest BCUT2D eigenvalue weighted by molar-refractivity contribution is 5.68. The van der Waals surface area contributed by atoms with Gasteiger partial charge in [0, 0.05) is 11.6 Å². The lowest BCUT2D eigenvalue weighted by Gasteiger charge is -2.30. The fraction of sp³-hybridized carbons (Fsp3) is 0.538. The Morgan fingerprint density at radius 1 is 1.31 bits per heavy atom. The summed E-state index contributed by atoms with van der Waals surface area (Å²) in [6.07, 6.45) is 2.13. The van der Waals surface area contributed by atoms with Crippen molar-refractivity contribution in [1.82, 2.24) is 0 Å². The Bertz CT molecular complexity index is 346. The van der Waals surface area contributed by atoms with E-state index in [1.54, 1.807) is 7.11 Å². The number of methoxy groups -OCH3 is 1. The SMILES string of the molecule is CCC(C)(CC)Nc1ccc(OC)cc1N. The van der Waals surface area contributed by atoms with E-state index in [1.165, 1.54) is 0 Å². The number of nitrogens with one attached hydrogen (secondary N) is 1. The predicted octanol–water partition coefficient (Wildman–Crippen LogP) is 3.27. The van der Waals surface area contributed by atoms with E-state index in [1.807, 2.05) is 18.2 Å². The van der Waals surface area contributed by atoms with Gasteiger partial charge in [0.1, 0.15) is 5.75 Å². The largest absolute Gasteiger partial charge is 0.497 e. The summed E-state index contributed by atoms with van der Waals surface area (Å²) < 4.78 is 5.13. The van der Waals surface area contributed by atoms with Crippen LogP contribution in [-0.4, -0.2) is 12.6 Å². The molecule has 0 amide bonds. The van der Waals surface area contributed by atoms with Gasteiger partial charge in [-0.05, 0) is 31.9 Å². The number of benzene rings is 1. The van der Waals surface area contributed by atoms with Crippen molar-refractivity contribution < 1.29 is 4.74 Å². The molecule has 0 aliphatic heterocycles. The van der Waals surface area contributed by atoms with Gasteiger partial charge >= 0.3 is 0 Å². The third-order valence-corrected chi connectivity index (χ3v) is 3.26. The highest BCUT2D eigenvalue weighted by Gasteiger charge is 2.19. The number of hydrogen-bond donors (Lipinski definition) is 2. The molecule has 0 aromatic heterocycles. The second kappa shape index (κ2) is 5.10. The van der Waals surface area contributed by atoms with Crippen LogP contribution in [0.3, 0.4) is 0 Å². The van der Waals surface area contributed by atoms with Gasteiger partial charge in [0.05, 0.1) is 18.5 Å². The molecule has 0 bridgehead atoms. The van der Waals surface area contributed by atoms with Crippen LogP contribution in [-0.2, 0) is 0 Å². The van der Waals surface area contributed by atoms with Crippen LogP contribution < -0.4 is 15.8 Å². The average molecular weight is 222 g/mol. The van der Waals surface area contributed by atoms with Crippen molar-refractivity contribution in [3.05, 3.63) is 18.2 Å². The quantitative estimate of drug-likeness (QED) is 0.752. The minimum absolute atomic E-state index is 0.0999. The number of rotatable bonds is 5. The molecule has 0 fully saturated rings. The van der Waals surface area contributed by atoms with Crippen LogP contribution in [0.25, 0.3) is 0 Å². The number of nitrogens with two attached hydrogens (primary N) is 1. The van der Waals surface area contributed by atoms with Crippen molar-refractivity contribution >= 4 is 11.4 Å². The van der Waals surface area contributed by atoms with E-state index in [-0.39, 0.29) is 5.54 Å². The standard InChI is InChI=1S/C13H22N2O/c1-5-13(3,6-2)15-12-8-7-10(16-4)9-11(12)14/h7-9,15H,5-6,14H2,1-4H3. The molecule has 0 saturated heterocycles. The van der Waals surface area contributed by atoms with E-state index < -0.39 is 0 Å². The molecular formula is C13H22N2O. The zero-order valence-electron chi connectivity index (χ0n) is 10.6. The number of anilines is 2. The second-order valence-electron chi connectivity index (χ2n) is 4.35. The Balaban J connectivity index is 2.89. The molecule has 3 heteroatoms. The number of nitrogen functional groups attached to an aromatic ring is 1. The number of hydrogen-bond acceptors (Lipinski definition) is 3. The maximum Gasteiger partial charge on any atom is 0.121 e. The molecular weight excluding hydrogens is 200 g/mol. The molecule has 0 spiro atoms. The first kappa shape index (κ1) is 12.7. The lowest BCUT2D eigenvalue weighted by molar-refractivity contribution is 0.415. The molecule has 1 aromatic rings. The maximum atomic E-state index is 5.97. The summed E-state index contributed by atoms with van der Waals surface area (Å²) in [5.41, 5.74) is 7.78. The molecule has 16 heavy (non-hydrogen) atoms. The first-order chi connectivity index (χ1) is 7.54. The van der Waals surface area contributed by atoms with Crippen LogP contribution in [0.2, 0.25) is 0 Å². The van der Waals surface area contributed by atoms with Gasteiger partial charge in [-0.2, -0.15) is 0 Å². The van der Waals surface area contributed by atoms with Crippen molar-refractivity contribution in [1.29, 1.82) is 0 Å². The lowest BCUT2D eigenvalue weighted by Crippen LogP contribution is -2.33. The van der Waals surface area contributed by atoms with Crippen molar-refractivity contribution in [3.8, 4) is 5.75 Å². The van der Waals surface area contributed by atoms with Gasteiger partial charge in [-0.1, -0.05) is 13.8 Å². The Kier molecular flexibility index (Phi) is 4.05. The minimum atomic E-state index is 0.0999. The summed E-state index contributed by atoms with van der Waals surface area (Å²) in [7, 11) is 1.64. The molecule has 3 N–H and O–H groups in total. The van der Waals surface area contributed by atoms with Crippen LogP contribution in [0.4, 0.5) is 11.4 Å². The molecule has 0 unspecified atom stereocenters. The highest BCUT2D eigenvalue weighted by atomic mass is 16.5. The van der Waals surface area contributed by atoms with Gasteiger partial charge in [-0.25, -0.2) is 0 Å². The van der Waals surface area contributed by atoms with Crippen molar-refractivity contribution in [3.63, 3.8) is 0 Å². The molecule has 3 nitrogen and oxygen atoms in total. The van der Waals surface area contributed by atoms with E-state index in [2.05, 4.69) is 26.1 Å². The first-order valence-corrected chi connectivity index (χ1v) is 5.76. The Hall–Kier alpha value is -1.38. The topological polar surface area (TPSA) is 47.3 Å². The third-order valence-electron chi connectivity index (χ3n) is 3.26. The van der Waals surface area contributed by atoms with E-state index >= 15 is 0 Å². The molecule has 0 aliphatic rings. The van der Waals surface area contributed by atoms with Gasteiger partial charge in [0.15, 0.2) is 0 Å². The van der Waals surface area contributed by atoms with Crippen LogP contribution >= 0.6 is 0 Å². The summed E-state index contributed by atoms with van der Waals surface area (Å²) >= 11 is 0.